The molecule has 0 bridgehead atoms. The lowest BCUT2D eigenvalue weighted by Gasteiger charge is -2.20. The van der Waals surface area contributed by atoms with E-state index in [-0.39, 0.29) is 0 Å². The lowest BCUT2D eigenvalue weighted by atomic mass is 10.1. The Kier molecular flexibility index (Phi) is 6.39. The fourth-order valence-corrected chi connectivity index (χ4v) is 0.970. The van der Waals surface area contributed by atoms with Gasteiger partial charge in [-0.05, 0) is 32.7 Å². The fraction of sp³-hybridized carbons (Fsp3) is 1.00. The zero-order valence-electron chi connectivity index (χ0n) is 9.05. The van der Waals surface area contributed by atoms with Gasteiger partial charge in [0.05, 0.1) is 6.10 Å². The highest BCUT2D eigenvalue weighted by molar-refractivity contribution is 4.67. The summed E-state index contributed by atoms with van der Waals surface area (Å²) in [6.45, 7) is 9.83. The van der Waals surface area contributed by atoms with Gasteiger partial charge in [0.25, 0.3) is 0 Å². The Labute approximate surface area is 76.7 Å². The Bertz CT molecular complexity index is 104. The van der Waals surface area contributed by atoms with Crippen molar-refractivity contribution in [1.29, 1.82) is 0 Å². The average Bonchev–Trinajstić information content (AvgIpc) is 2.02. The van der Waals surface area contributed by atoms with E-state index in [1.807, 2.05) is 0 Å². The topological polar surface area (TPSA) is 21.3 Å². The SMILES string of the molecule is COC(C)C(C)NCCC(C)C. The van der Waals surface area contributed by atoms with E-state index in [9.17, 15) is 0 Å². The van der Waals surface area contributed by atoms with Gasteiger partial charge >= 0.3 is 0 Å². The Balaban J connectivity index is 3.37. The molecule has 1 N–H and O–H groups in total. The molecular weight excluding hydrogens is 150 g/mol. The summed E-state index contributed by atoms with van der Waals surface area (Å²) in [5, 5.41) is 3.44. The van der Waals surface area contributed by atoms with Gasteiger partial charge in [-0.25, -0.2) is 0 Å². The summed E-state index contributed by atoms with van der Waals surface area (Å²) in [6.07, 6.45) is 1.54. The second-order valence-corrected chi connectivity index (χ2v) is 3.87. The van der Waals surface area contributed by atoms with Crippen LogP contribution in [0, 0.1) is 5.92 Å². The molecule has 0 aromatic carbocycles. The van der Waals surface area contributed by atoms with Crippen molar-refractivity contribution in [3.05, 3.63) is 0 Å². The third-order valence-corrected chi connectivity index (χ3v) is 2.26. The molecule has 2 unspecified atom stereocenters. The minimum absolute atomic E-state index is 0.303. The van der Waals surface area contributed by atoms with Crippen LogP contribution in [-0.2, 0) is 4.74 Å². The third kappa shape index (κ3) is 5.56. The summed E-state index contributed by atoms with van der Waals surface area (Å²) in [5.41, 5.74) is 0. The second kappa shape index (κ2) is 6.44. The first-order chi connectivity index (χ1) is 5.57. The second-order valence-electron chi connectivity index (χ2n) is 3.87. The maximum atomic E-state index is 5.21. The molecule has 2 nitrogen and oxygen atoms in total. The zero-order valence-corrected chi connectivity index (χ0v) is 9.05. The summed E-state index contributed by atoms with van der Waals surface area (Å²) in [6, 6.07) is 0.453. The molecule has 0 aliphatic carbocycles. The van der Waals surface area contributed by atoms with Crippen molar-refractivity contribution in [2.45, 2.75) is 46.3 Å². The minimum atomic E-state index is 0.303. The van der Waals surface area contributed by atoms with Gasteiger partial charge in [-0.15, -0.1) is 0 Å². The Morgan fingerprint density at radius 3 is 2.17 bits per heavy atom. The smallest absolute Gasteiger partial charge is 0.0693 e. The number of hydrogen-bond acceptors (Lipinski definition) is 2. The van der Waals surface area contributed by atoms with Crippen LogP contribution in [0.1, 0.15) is 34.1 Å². The predicted octanol–water partition coefficient (Wildman–Crippen LogP) is 2.05. The highest BCUT2D eigenvalue weighted by Gasteiger charge is 2.09. The largest absolute Gasteiger partial charge is 0.380 e. The first-order valence-corrected chi connectivity index (χ1v) is 4.84. The van der Waals surface area contributed by atoms with Crippen LogP contribution in [0.4, 0.5) is 0 Å². The van der Waals surface area contributed by atoms with Gasteiger partial charge in [0, 0.05) is 13.2 Å². The Hall–Kier alpha value is -0.0800. The van der Waals surface area contributed by atoms with E-state index in [1.165, 1.54) is 6.42 Å². The Morgan fingerprint density at radius 2 is 1.75 bits per heavy atom. The van der Waals surface area contributed by atoms with E-state index in [4.69, 9.17) is 4.74 Å². The van der Waals surface area contributed by atoms with Crippen molar-refractivity contribution < 1.29 is 4.74 Å². The molecule has 12 heavy (non-hydrogen) atoms. The van der Waals surface area contributed by atoms with Crippen LogP contribution in [0.3, 0.4) is 0 Å². The number of ether oxygens (including phenoxy) is 1. The van der Waals surface area contributed by atoms with E-state index in [0.717, 1.165) is 12.5 Å². The standard InChI is InChI=1S/C10H23NO/c1-8(2)6-7-11-9(3)10(4)12-5/h8-11H,6-7H2,1-5H3. The van der Waals surface area contributed by atoms with Crippen molar-refractivity contribution in [3.63, 3.8) is 0 Å². The van der Waals surface area contributed by atoms with Crippen molar-refractivity contribution in [1.82, 2.24) is 5.32 Å². The molecule has 0 spiro atoms. The Morgan fingerprint density at radius 1 is 1.17 bits per heavy atom. The van der Waals surface area contributed by atoms with Crippen LogP contribution < -0.4 is 5.32 Å². The third-order valence-electron chi connectivity index (χ3n) is 2.26. The molecule has 2 heteroatoms. The summed E-state index contributed by atoms with van der Waals surface area (Å²) in [5.74, 6) is 0.780. The number of rotatable bonds is 6. The molecule has 0 heterocycles. The van der Waals surface area contributed by atoms with Crippen LogP contribution in [0.2, 0.25) is 0 Å². The molecule has 0 amide bonds. The van der Waals surface area contributed by atoms with E-state index in [0.29, 0.717) is 12.1 Å². The molecule has 2 atom stereocenters. The van der Waals surface area contributed by atoms with Crippen LogP contribution in [0.5, 0.6) is 0 Å². The molecule has 0 aromatic rings. The van der Waals surface area contributed by atoms with Gasteiger partial charge in [-0.2, -0.15) is 0 Å². The molecule has 0 radical (unpaired) electrons. The maximum Gasteiger partial charge on any atom is 0.0693 e. The van der Waals surface area contributed by atoms with E-state index in [2.05, 4.69) is 33.0 Å². The number of methoxy groups -OCH3 is 1. The number of hydrogen-bond donors (Lipinski definition) is 1. The molecule has 0 aromatic heterocycles. The molecule has 0 aliphatic heterocycles. The van der Waals surface area contributed by atoms with E-state index >= 15 is 0 Å². The highest BCUT2D eigenvalue weighted by atomic mass is 16.5. The van der Waals surface area contributed by atoms with Gasteiger partial charge in [0.2, 0.25) is 0 Å². The molecule has 74 valence electrons. The lowest BCUT2D eigenvalue weighted by molar-refractivity contribution is 0.0884. The van der Waals surface area contributed by atoms with Crippen molar-refractivity contribution in [3.8, 4) is 0 Å². The van der Waals surface area contributed by atoms with Crippen molar-refractivity contribution in [2.24, 2.45) is 5.92 Å². The zero-order chi connectivity index (χ0) is 9.56. The van der Waals surface area contributed by atoms with Gasteiger partial charge in [-0.3, -0.25) is 0 Å². The summed E-state index contributed by atoms with van der Waals surface area (Å²) in [4.78, 5) is 0. The minimum Gasteiger partial charge on any atom is -0.380 e. The molecule has 0 saturated heterocycles. The monoisotopic (exact) mass is 173 g/mol. The highest BCUT2D eigenvalue weighted by Crippen LogP contribution is 1.99. The summed E-state index contributed by atoms with van der Waals surface area (Å²) >= 11 is 0. The molecule has 0 aliphatic rings. The fourth-order valence-electron chi connectivity index (χ4n) is 0.970. The molecular formula is C10H23NO. The van der Waals surface area contributed by atoms with Crippen LogP contribution >= 0.6 is 0 Å². The predicted molar refractivity (Wildman–Crippen MR) is 53.4 cm³/mol. The van der Waals surface area contributed by atoms with Gasteiger partial charge in [-0.1, -0.05) is 13.8 Å². The molecule has 0 fully saturated rings. The van der Waals surface area contributed by atoms with Crippen molar-refractivity contribution >= 4 is 0 Å². The lowest BCUT2D eigenvalue weighted by Crippen LogP contribution is -2.37. The van der Waals surface area contributed by atoms with Crippen LogP contribution in [0.15, 0.2) is 0 Å². The van der Waals surface area contributed by atoms with Gasteiger partial charge in [0.15, 0.2) is 0 Å². The first-order valence-electron chi connectivity index (χ1n) is 4.84. The van der Waals surface area contributed by atoms with Crippen molar-refractivity contribution in [2.75, 3.05) is 13.7 Å². The summed E-state index contributed by atoms with van der Waals surface area (Å²) in [7, 11) is 1.76. The van der Waals surface area contributed by atoms with Gasteiger partial charge in [0.1, 0.15) is 0 Å². The van der Waals surface area contributed by atoms with Crippen LogP contribution in [0.25, 0.3) is 0 Å². The molecule has 0 saturated carbocycles. The average molecular weight is 173 g/mol. The quantitative estimate of drug-likeness (QED) is 0.663. The van der Waals surface area contributed by atoms with Crippen LogP contribution in [-0.4, -0.2) is 25.8 Å². The van der Waals surface area contributed by atoms with E-state index < -0.39 is 0 Å². The number of nitrogens with one attached hydrogen (secondary N) is 1. The maximum absolute atomic E-state index is 5.21. The van der Waals surface area contributed by atoms with E-state index in [1.54, 1.807) is 7.11 Å². The molecule has 0 rings (SSSR count). The van der Waals surface area contributed by atoms with Gasteiger partial charge < -0.3 is 10.1 Å². The first kappa shape index (κ1) is 11.9. The normalized spacial score (nSPS) is 16.5. The summed E-state index contributed by atoms with van der Waals surface area (Å²) < 4.78 is 5.21.